The molecule has 1 N–H and O–H groups in total. The number of hydrogen-bond acceptors (Lipinski definition) is 4. The van der Waals surface area contributed by atoms with Gasteiger partial charge in [0.1, 0.15) is 18.4 Å². The van der Waals surface area contributed by atoms with E-state index in [0.29, 0.717) is 5.56 Å². The standard InChI is InChI=1S/C30H32Cl2FN3O4S/c1-20-14-16-23(17-15-20)41(39,40)36(28-13-6-5-12-27(28)33)19-29(37)35(18-24-25(31)10-7-11-26(24)32)21(2)30(38)34-22-8-3-4-9-22/h5-7,10-17,21-22H,3-4,8-9,18-19H2,1-2H3,(H,34,38)/t21-/m0/s1. The van der Waals surface area contributed by atoms with Gasteiger partial charge in [-0.25, -0.2) is 12.8 Å². The van der Waals surface area contributed by atoms with Crippen LogP contribution in [0.1, 0.15) is 43.7 Å². The van der Waals surface area contributed by atoms with E-state index in [2.05, 4.69) is 5.32 Å². The minimum absolute atomic E-state index is 0.00244. The van der Waals surface area contributed by atoms with E-state index < -0.39 is 34.3 Å². The molecule has 11 heteroatoms. The number of nitrogens with one attached hydrogen (secondary N) is 1. The van der Waals surface area contributed by atoms with Crippen molar-refractivity contribution in [3.63, 3.8) is 0 Å². The summed E-state index contributed by atoms with van der Waals surface area (Å²) in [6, 6.07) is 15.3. The molecular formula is C30H32Cl2FN3O4S. The van der Waals surface area contributed by atoms with Crippen molar-refractivity contribution in [3.05, 3.63) is 93.7 Å². The summed E-state index contributed by atoms with van der Waals surface area (Å²) < 4.78 is 43.4. The Morgan fingerprint density at radius 3 is 2.20 bits per heavy atom. The lowest BCUT2D eigenvalue weighted by atomic mass is 10.1. The van der Waals surface area contributed by atoms with E-state index in [0.717, 1.165) is 41.6 Å². The van der Waals surface area contributed by atoms with E-state index in [1.54, 1.807) is 37.3 Å². The summed E-state index contributed by atoms with van der Waals surface area (Å²) in [5.74, 6) is -1.93. The van der Waals surface area contributed by atoms with E-state index in [1.807, 2.05) is 6.92 Å². The molecule has 1 saturated carbocycles. The monoisotopic (exact) mass is 619 g/mol. The highest BCUT2D eigenvalue weighted by Crippen LogP contribution is 2.29. The van der Waals surface area contributed by atoms with E-state index in [1.165, 1.54) is 35.2 Å². The number of aryl methyl sites for hydroxylation is 1. The van der Waals surface area contributed by atoms with Crippen molar-refractivity contribution >= 4 is 50.7 Å². The van der Waals surface area contributed by atoms with Crippen molar-refractivity contribution in [2.45, 2.75) is 63.1 Å². The largest absolute Gasteiger partial charge is 0.352 e. The maximum absolute atomic E-state index is 15.0. The molecule has 1 fully saturated rings. The molecule has 0 radical (unpaired) electrons. The number of anilines is 1. The number of sulfonamides is 1. The van der Waals surface area contributed by atoms with Crippen LogP contribution in [0, 0.1) is 12.7 Å². The molecule has 0 aliphatic heterocycles. The molecule has 0 unspecified atom stereocenters. The summed E-state index contributed by atoms with van der Waals surface area (Å²) in [6.07, 6.45) is 3.70. The molecule has 0 heterocycles. The van der Waals surface area contributed by atoms with Crippen molar-refractivity contribution in [2.24, 2.45) is 0 Å². The second kappa shape index (κ2) is 13.2. The Morgan fingerprint density at radius 2 is 1.59 bits per heavy atom. The third kappa shape index (κ3) is 7.20. The van der Waals surface area contributed by atoms with Crippen LogP contribution in [0.3, 0.4) is 0 Å². The fraction of sp³-hybridized carbons (Fsp3) is 0.333. The number of nitrogens with zero attached hydrogens (tertiary/aromatic N) is 2. The number of halogens is 3. The smallest absolute Gasteiger partial charge is 0.264 e. The number of carbonyl (C=O) groups excluding carboxylic acids is 2. The third-order valence-electron chi connectivity index (χ3n) is 7.27. The van der Waals surface area contributed by atoms with Crippen LogP contribution in [-0.4, -0.2) is 43.8 Å². The van der Waals surface area contributed by atoms with Gasteiger partial charge in [-0.2, -0.15) is 0 Å². The van der Waals surface area contributed by atoms with Gasteiger partial charge in [0.05, 0.1) is 10.6 Å². The number of rotatable bonds is 10. The van der Waals surface area contributed by atoms with Crippen molar-refractivity contribution in [3.8, 4) is 0 Å². The zero-order valence-electron chi connectivity index (χ0n) is 22.8. The van der Waals surface area contributed by atoms with Gasteiger partial charge in [0.15, 0.2) is 0 Å². The molecule has 1 aliphatic rings. The van der Waals surface area contributed by atoms with Crippen molar-refractivity contribution < 1.29 is 22.4 Å². The molecule has 3 aromatic rings. The molecule has 2 amide bonds. The van der Waals surface area contributed by atoms with Crippen LogP contribution in [0.15, 0.2) is 71.6 Å². The minimum Gasteiger partial charge on any atom is -0.352 e. The third-order valence-corrected chi connectivity index (χ3v) is 9.75. The summed E-state index contributed by atoms with van der Waals surface area (Å²) in [6.45, 7) is 2.45. The Hall–Kier alpha value is -3.14. The lowest BCUT2D eigenvalue weighted by Gasteiger charge is -2.33. The first-order valence-corrected chi connectivity index (χ1v) is 15.6. The van der Waals surface area contributed by atoms with Gasteiger partial charge in [-0.05, 0) is 63.1 Å². The molecule has 0 spiro atoms. The van der Waals surface area contributed by atoms with Crippen LogP contribution < -0.4 is 9.62 Å². The predicted molar refractivity (Wildman–Crippen MR) is 159 cm³/mol. The first-order valence-electron chi connectivity index (χ1n) is 13.4. The Morgan fingerprint density at radius 1 is 0.976 bits per heavy atom. The van der Waals surface area contributed by atoms with Crippen LogP contribution in [0.2, 0.25) is 10.0 Å². The minimum atomic E-state index is -4.38. The van der Waals surface area contributed by atoms with E-state index in [4.69, 9.17) is 23.2 Å². The molecule has 1 aliphatic carbocycles. The predicted octanol–water partition coefficient (Wildman–Crippen LogP) is 6.11. The molecule has 0 saturated heterocycles. The molecule has 4 rings (SSSR count). The summed E-state index contributed by atoms with van der Waals surface area (Å²) in [7, 11) is -4.38. The van der Waals surface area contributed by atoms with Gasteiger partial charge in [-0.3, -0.25) is 13.9 Å². The van der Waals surface area contributed by atoms with Crippen LogP contribution >= 0.6 is 23.2 Å². The van der Waals surface area contributed by atoms with Gasteiger partial charge in [-0.1, -0.05) is 71.9 Å². The Labute approximate surface area is 250 Å². The van der Waals surface area contributed by atoms with Crippen molar-refractivity contribution in [1.29, 1.82) is 0 Å². The number of carbonyl (C=O) groups is 2. The lowest BCUT2D eigenvalue weighted by Crippen LogP contribution is -2.52. The van der Waals surface area contributed by atoms with Gasteiger partial charge in [-0.15, -0.1) is 0 Å². The van der Waals surface area contributed by atoms with Gasteiger partial charge < -0.3 is 10.2 Å². The van der Waals surface area contributed by atoms with Crippen LogP contribution in [0.25, 0.3) is 0 Å². The highest BCUT2D eigenvalue weighted by Gasteiger charge is 2.34. The highest BCUT2D eigenvalue weighted by atomic mass is 35.5. The van der Waals surface area contributed by atoms with E-state index in [9.17, 15) is 18.0 Å². The normalized spacial score (nSPS) is 14.5. The molecule has 3 aromatic carbocycles. The van der Waals surface area contributed by atoms with Crippen LogP contribution in [0.4, 0.5) is 10.1 Å². The number of hydrogen-bond donors (Lipinski definition) is 1. The van der Waals surface area contributed by atoms with Gasteiger partial charge in [0.25, 0.3) is 10.0 Å². The summed E-state index contributed by atoms with van der Waals surface area (Å²) >= 11 is 12.8. The lowest BCUT2D eigenvalue weighted by molar-refractivity contribution is -0.139. The Kier molecular flexibility index (Phi) is 9.94. The fourth-order valence-electron chi connectivity index (χ4n) is 4.83. The van der Waals surface area contributed by atoms with Crippen molar-refractivity contribution in [1.82, 2.24) is 10.2 Å². The van der Waals surface area contributed by atoms with Crippen LogP contribution in [-0.2, 0) is 26.2 Å². The molecule has 41 heavy (non-hydrogen) atoms. The SMILES string of the molecule is Cc1ccc(S(=O)(=O)N(CC(=O)N(Cc2c(Cl)cccc2Cl)[C@@H](C)C(=O)NC2CCCC2)c2ccccc2F)cc1. The number of benzene rings is 3. The van der Waals surface area contributed by atoms with Gasteiger partial charge in [0, 0.05) is 28.2 Å². The second-order valence-corrected chi connectivity index (χ2v) is 12.8. The highest BCUT2D eigenvalue weighted by molar-refractivity contribution is 7.92. The topological polar surface area (TPSA) is 86.8 Å². The van der Waals surface area contributed by atoms with E-state index >= 15 is 4.39 Å². The summed E-state index contributed by atoms with van der Waals surface area (Å²) in [5.41, 5.74) is 0.950. The Balaban J connectivity index is 1.73. The average molecular weight is 621 g/mol. The van der Waals surface area contributed by atoms with Gasteiger partial charge in [0.2, 0.25) is 11.8 Å². The quantitative estimate of drug-likeness (QED) is 0.296. The zero-order chi connectivity index (χ0) is 29.7. The number of para-hydroxylation sites is 1. The molecule has 7 nitrogen and oxygen atoms in total. The number of amides is 2. The Bertz CT molecular complexity index is 1490. The van der Waals surface area contributed by atoms with Gasteiger partial charge >= 0.3 is 0 Å². The maximum atomic E-state index is 15.0. The van der Waals surface area contributed by atoms with E-state index in [-0.39, 0.29) is 39.1 Å². The first-order chi connectivity index (χ1) is 19.5. The summed E-state index contributed by atoms with van der Waals surface area (Å²) in [4.78, 5) is 28.4. The summed E-state index contributed by atoms with van der Waals surface area (Å²) in [5, 5.41) is 3.57. The molecule has 1 atom stereocenters. The van der Waals surface area contributed by atoms with Crippen molar-refractivity contribution in [2.75, 3.05) is 10.8 Å². The molecule has 0 bridgehead atoms. The second-order valence-electron chi connectivity index (χ2n) is 10.2. The zero-order valence-corrected chi connectivity index (χ0v) is 25.1. The molecule has 0 aromatic heterocycles. The van der Waals surface area contributed by atoms with Crippen LogP contribution in [0.5, 0.6) is 0 Å². The fourth-order valence-corrected chi connectivity index (χ4v) is 6.77. The molecular weight excluding hydrogens is 588 g/mol. The average Bonchev–Trinajstić information content (AvgIpc) is 3.45. The maximum Gasteiger partial charge on any atom is 0.264 e. The molecule has 218 valence electrons. The first kappa shape index (κ1) is 30.8.